The molecule has 0 saturated heterocycles. The lowest BCUT2D eigenvalue weighted by Gasteiger charge is -2.06. The van der Waals surface area contributed by atoms with Crippen LogP contribution in [0.3, 0.4) is 0 Å². The molecular weight excluding hydrogens is 308 g/mol. The number of carbonyl (C=O) groups excluding carboxylic acids is 1. The quantitative estimate of drug-likeness (QED) is 0.942. The minimum absolute atomic E-state index is 0.108. The van der Waals surface area contributed by atoms with Crippen LogP contribution in [0.5, 0.6) is 5.88 Å². The van der Waals surface area contributed by atoms with Gasteiger partial charge >= 0.3 is 0 Å². The highest BCUT2D eigenvalue weighted by Crippen LogP contribution is 2.11. The number of ether oxygens (including phenoxy) is 1. The molecule has 0 unspecified atom stereocenters. The largest absolute Gasteiger partial charge is 0.481 e. The van der Waals surface area contributed by atoms with Gasteiger partial charge in [-0.15, -0.1) is 0 Å². The molecule has 0 fully saturated rings. The van der Waals surface area contributed by atoms with Gasteiger partial charge in [0.05, 0.1) is 7.11 Å². The second-order valence-electron chi connectivity index (χ2n) is 3.90. The third-order valence-electron chi connectivity index (χ3n) is 2.57. The number of carbonyl (C=O) groups is 1. The van der Waals surface area contributed by atoms with Gasteiger partial charge in [-0.1, -0.05) is 15.9 Å². The smallest absolute Gasteiger partial charge is 0.251 e. The van der Waals surface area contributed by atoms with E-state index in [-0.39, 0.29) is 5.91 Å². The lowest BCUT2D eigenvalue weighted by molar-refractivity contribution is 0.0951. The number of halogens is 1. The number of aromatic nitrogens is 1. The van der Waals surface area contributed by atoms with Crippen LogP contribution in [0.15, 0.2) is 47.1 Å². The van der Waals surface area contributed by atoms with Crippen molar-refractivity contribution in [3.05, 3.63) is 58.2 Å². The Bertz CT molecular complexity index is 570. The number of pyridine rings is 1. The molecule has 4 nitrogen and oxygen atoms in total. The van der Waals surface area contributed by atoms with Crippen LogP contribution < -0.4 is 10.1 Å². The van der Waals surface area contributed by atoms with Gasteiger partial charge in [0.25, 0.3) is 5.91 Å². The SMILES string of the molecule is COc1cc(CNC(=O)c2ccc(Br)cc2)ccn1. The molecule has 0 aliphatic heterocycles. The number of benzene rings is 1. The molecule has 0 spiro atoms. The Morgan fingerprint density at radius 1 is 1.32 bits per heavy atom. The Balaban J connectivity index is 1.98. The van der Waals surface area contributed by atoms with Crippen molar-refractivity contribution in [2.75, 3.05) is 7.11 Å². The van der Waals surface area contributed by atoms with Crippen molar-refractivity contribution in [1.29, 1.82) is 0 Å². The van der Waals surface area contributed by atoms with Crippen LogP contribution in [0.25, 0.3) is 0 Å². The number of methoxy groups -OCH3 is 1. The molecule has 2 rings (SSSR count). The summed E-state index contributed by atoms with van der Waals surface area (Å²) in [6.45, 7) is 0.438. The van der Waals surface area contributed by atoms with Crippen LogP contribution >= 0.6 is 15.9 Å². The number of nitrogens with one attached hydrogen (secondary N) is 1. The highest BCUT2D eigenvalue weighted by Gasteiger charge is 2.05. The van der Waals surface area contributed by atoms with Crippen LogP contribution in [-0.4, -0.2) is 18.0 Å². The maximum Gasteiger partial charge on any atom is 0.251 e. The zero-order valence-electron chi connectivity index (χ0n) is 10.4. The summed E-state index contributed by atoms with van der Waals surface area (Å²) in [5.41, 5.74) is 1.57. The van der Waals surface area contributed by atoms with Gasteiger partial charge in [0.15, 0.2) is 0 Å². The Morgan fingerprint density at radius 2 is 2.05 bits per heavy atom. The lowest BCUT2D eigenvalue weighted by Crippen LogP contribution is -2.22. The Kier molecular flexibility index (Phi) is 4.52. The van der Waals surface area contributed by atoms with Gasteiger partial charge in [0.1, 0.15) is 0 Å². The van der Waals surface area contributed by atoms with E-state index >= 15 is 0 Å². The van der Waals surface area contributed by atoms with Gasteiger partial charge in [0, 0.05) is 28.8 Å². The molecule has 2 aromatic rings. The first-order chi connectivity index (χ1) is 9.19. The first-order valence-electron chi connectivity index (χ1n) is 5.72. The average Bonchev–Trinajstić information content (AvgIpc) is 2.46. The van der Waals surface area contributed by atoms with E-state index in [2.05, 4.69) is 26.2 Å². The zero-order chi connectivity index (χ0) is 13.7. The summed E-state index contributed by atoms with van der Waals surface area (Å²) >= 11 is 3.33. The van der Waals surface area contributed by atoms with Gasteiger partial charge in [-0.2, -0.15) is 0 Å². The minimum atomic E-state index is -0.108. The van der Waals surface area contributed by atoms with Gasteiger partial charge < -0.3 is 10.1 Å². The maximum atomic E-state index is 11.9. The van der Waals surface area contributed by atoms with Gasteiger partial charge in [0.2, 0.25) is 5.88 Å². The van der Waals surface area contributed by atoms with Crippen molar-refractivity contribution in [1.82, 2.24) is 10.3 Å². The van der Waals surface area contributed by atoms with E-state index in [9.17, 15) is 4.79 Å². The highest BCUT2D eigenvalue weighted by molar-refractivity contribution is 9.10. The van der Waals surface area contributed by atoms with Crippen LogP contribution in [0.1, 0.15) is 15.9 Å². The Morgan fingerprint density at radius 3 is 2.74 bits per heavy atom. The number of rotatable bonds is 4. The molecule has 1 amide bonds. The molecule has 1 aromatic carbocycles. The molecule has 1 aromatic heterocycles. The molecule has 0 aliphatic carbocycles. The average molecular weight is 321 g/mol. The van der Waals surface area contributed by atoms with Crippen LogP contribution in [-0.2, 0) is 6.54 Å². The third-order valence-corrected chi connectivity index (χ3v) is 3.10. The number of hydrogen-bond acceptors (Lipinski definition) is 3. The predicted octanol–water partition coefficient (Wildman–Crippen LogP) is 2.78. The second-order valence-corrected chi connectivity index (χ2v) is 4.81. The van der Waals surface area contributed by atoms with E-state index in [4.69, 9.17) is 4.74 Å². The van der Waals surface area contributed by atoms with E-state index in [0.717, 1.165) is 10.0 Å². The van der Waals surface area contributed by atoms with Crippen molar-refractivity contribution in [2.45, 2.75) is 6.54 Å². The maximum absolute atomic E-state index is 11.9. The fourth-order valence-corrected chi connectivity index (χ4v) is 1.82. The molecular formula is C14H13BrN2O2. The molecule has 19 heavy (non-hydrogen) atoms. The first kappa shape index (κ1) is 13.5. The molecule has 0 atom stereocenters. The number of amides is 1. The van der Waals surface area contributed by atoms with E-state index in [0.29, 0.717) is 18.0 Å². The summed E-state index contributed by atoms with van der Waals surface area (Å²) in [7, 11) is 1.56. The standard InChI is InChI=1S/C14H13BrN2O2/c1-19-13-8-10(6-7-16-13)9-17-14(18)11-2-4-12(15)5-3-11/h2-8H,9H2,1H3,(H,17,18). The van der Waals surface area contributed by atoms with Crippen molar-refractivity contribution in [3.63, 3.8) is 0 Å². The molecule has 0 bridgehead atoms. The van der Waals surface area contributed by atoms with Crippen molar-refractivity contribution in [3.8, 4) is 5.88 Å². The van der Waals surface area contributed by atoms with Gasteiger partial charge in [-0.05, 0) is 35.9 Å². The first-order valence-corrected chi connectivity index (χ1v) is 6.51. The van der Waals surface area contributed by atoms with Crippen molar-refractivity contribution in [2.24, 2.45) is 0 Å². The second kappa shape index (κ2) is 6.33. The summed E-state index contributed by atoms with van der Waals surface area (Å²) in [5, 5.41) is 2.85. The number of hydrogen-bond donors (Lipinski definition) is 1. The summed E-state index contributed by atoms with van der Waals surface area (Å²) in [4.78, 5) is 15.9. The summed E-state index contributed by atoms with van der Waals surface area (Å²) in [6.07, 6.45) is 1.65. The Hall–Kier alpha value is -1.88. The highest BCUT2D eigenvalue weighted by atomic mass is 79.9. The molecule has 5 heteroatoms. The lowest BCUT2D eigenvalue weighted by atomic mass is 10.2. The van der Waals surface area contributed by atoms with Gasteiger partial charge in [-0.3, -0.25) is 4.79 Å². The minimum Gasteiger partial charge on any atom is -0.481 e. The molecule has 0 radical (unpaired) electrons. The van der Waals surface area contributed by atoms with E-state index in [1.807, 2.05) is 18.2 Å². The van der Waals surface area contributed by atoms with E-state index < -0.39 is 0 Å². The van der Waals surface area contributed by atoms with Crippen LogP contribution in [0.4, 0.5) is 0 Å². The van der Waals surface area contributed by atoms with E-state index in [1.165, 1.54) is 0 Å². The fourth-order valence-electron chi connectivity index (χ4n) is 1.56. The normalized spacial score (nSPS) is 10.0. The third kappa shape index (κ3) is 3.79. The van der Waals surface area contributed by atoms with Crippen LogP contribution in [0, 0.1) is 0 Å². The monoisotopic (exact) mass is 320 g/mol. The van der Waals surface area contributed by atoms with Crippen molar-refractivity contribution < 1.29 is 9.53 Å². The summed E-state index contributed by atoms with van der Waals surface area (Å²) < 4.78 is 5.98. The molecule has 98 valence electrons. The summed E-state index contributed by atoms with van der Waals surface area (Å²) in [5.74, 6) is 0.429. The molecule has 0 saturated carbocycles. The van der Waals surface area contributed by atoms with E-state index in [1.54, 1.807) is 31.5 Å². The topological polar surface area (TPSA) is 51.2 Å². The zero-order valence-corrected chi connectivity index (χ0v) is 12.0. The number of nitrogens with zero attached hydrogens (tertiary/aromatic N) is 1. The van der Waals surface area contributed by atoms with Gasteiger partial charge in [-0.25, -0.2) is 4.98 Å². The van der Waals surface area contributed by atoms with Crippen molar-refractivity contribution >= 4 is 21.8 Å². The molecule has 1 heterocycles. The summed E-state index contributed by atoms with van der Waals surface area (Å²) in [6, 6.07) is 10.8. The Labute approximate surface area is 119 Å². The fraction of sp³-hybridized carbons (Fsp3) is 0.143. The van der Waals surface area contributed by atoms with Crippen LogP contribution in [0.2, 0.25) is 0 Å². The molecule has 0 aliphatic rings. The predicted molar refractivity (Wildman–Crippen MR) is 76.1 cm³/mol. The molecule has 1 N–H and O–H groups in total.